The minimum atomic E-state index is -1.15. The average Bonchev–Trinajstić information content (AvgIpc) is 3.63. The number of carbonyl (C=O) groups is 2. The minimum absolute atomic E-state index is 0.0422. The Morgan fingerprint density at radius 1 is 0.662 bits per heavy atom. The zero-order valence-corrected chi connectivity index (χ0v) is 44.6. The van der Waals surface area contributed by atoms with E-state index in [1.165, 1.54) is 5.57 Å². The fourth-order valence-electron chi connectivity index (χ4n) is 14.4. The van der Waals surface area contributed by atoms with E-state index in [0.29, 0.717) is 56.9 Å². The van der Waals surface area contributed by atoms with Crippen molar-refractivity contribution in [1.82, 2.24) is 0 Å². The van der Waals surface area contributed by atoms with Gasteiger partial charge in [-0.1, -0.05) is 31.6 Å². The standard InChI is InChI=1S/C54H86O17/c1-14-27(2)51(57)68-42-22-37-36(54(58)20-18-35(28(3)55)53(42,54)9)16-15-33-21-34(17-19-52(33,37)8)67-43-24-39(60-11)48(30(5)64-43)70-45-26-41(62-13)50(32(7)66-45)71-46-25-40(61-12)49(31(6)65-46)69-44-23-38(59-10)47(56)29(4)63-44/h14-15,29-32,34-50,56,58H,16-26H2,1-13H3. The number of esters is 1. The lowest BCUT2D eigenvalue weighted by atomic mass is 9.45. The summed E-state index contributed by atoms with van der Waals surface area (Å²) in [6, 6.07) is 0. The molecule has 0 aromatic rings. The van der Waals surface area contributed by atoms with Crippen molar-refractivity contribution >= 4 is 11.8 Å². The van der Waals surface area contributed by atoms with Crippen LogP contribution in [-0.2, 0) is 71.2 Å². The normalized spacial score (nSPS) is 49.3. The van der Waals surface area contributed by atoms with Crippen LogP contribution in [0.25, 0.3) is 0 Å². The molecule has 0 radical (unpaired) electrons. The second kappa shape index (κ2) is 22.3. The van der Waals surface area contributed by atoms with Crippen LogP contribution in [0, 0.1) is 28.6 Å². The molecular weight excluding hydrogens is 921 g/mol. The number of Topliss-reactive ketones (excluding diaryl/α,β-unsaturated/α-hetero) is 1. The molecule has 0 bridgehead atoms. The lowest BCUT2D eigenvalue weighted by molar-refractivity contribution is -0.347. The third kappa shape index (κ3) is 10.5. The number of allylic oxidation sites excluding steroid dienone is 2. The SMILES string of the molecule is CC=C(C)C(=O)OC1CC2C(CC=C3CC(OC4CC(OC)C(OC5CC(OC)C(OC6CC(OC)C(OC7CC(OC)C(O)C(C)O7)C(C)O6)C(C)O5)C(C)O4)CCC32C)C2(O)CCC(C(C)=O)C12C. The van der Waals surface area contributed by atoms with Gasteiger partial charge in [0.25, 0.3) is 0 Å². The molecule has 8 rings (SSSR count). The fraction of sp³-hybridized carbons (Fsp3) is 0.889. The van der Waals surface area contributed by atoms with Crippen LogP contribution in [0.4, 0.5) is 0 Å². The molecule has 8 aliphatic rings. The summed E-state index contributed by atoms with van der Waals surface area (Å²) in [6.45, 7) is 17.1. The molecule has 2 N–H and O–H groups in total. The van der Waals surface area contributed by atoms with Gasteiger partial charge in [0, 0.05) is 71.0 Å². The zero-order chi connectivity index (χ0) is 51.3. The van der Waals surface area contributed by atoms with Crippen LogP contribution in [-0.4, -0.2) is 167 Å². The molecule has 4 aliphatic heterocycles. The number of carbonyl (C=O) groups excluding carboxylic acids is 2. The Labute approximate surface area is 421 Å². The minimum Gasteiger partial charge on any atom is -0.458 e. The highest BCUT2D eigenvalue weighted by atomic mass is 16.8. The van der Waals surface area contributed by atoms with Gasteiger partial charge >= 0.3 is 5.97 Å². The highest BCUT2D eigenvalue weighted by Gasteiger charge is 2.71. The summed E-state index contributed by atoms with van der Waals surface area (Å²) in [6.07, 6.45) is 2.27. The largest absolute Gasteiger partial charge is 0.458 e. The smallest absolute Gasteiger partial charge is 0.333 e. The van der Waals surface area contributed by atoms with Crippen LogP contribution in [0.2, 0.25) is 0 Å². The number of ketones is 1. The van der Waals surface area contributed by atoms with E-state index < -0.39 is 91.1 Å². The first kappa shape index (κ1) is 55.3. The van der Waals surface area contributed by atoms with Crippen molar-refractivity contribution in [2.24, 2.45) is 28.6 Å². The Hall–Kier alpha value is -1.94. The van der Waals surface area contributed by atoms with Crippen LogP contribution < -0.4 is 0 Å². The summed E-state index contributed by atoms with van der Waals surface area (Å²) >= 11 is 0. The Bertz CT molecular complexity index is 1910. The summed E-state index contributed by atoms with van der Waals surface area (Å²) in [5.41, 5.74) is -0.429. The number of aliphatic hydroxyl groups is 2. The molecule has 71 heavy (non-hydrogen) atoms. The van der Waals surface area contributed by atoms with Gasteiger partial charge in [-0.2, -0.15) is 0 Å². The lowest BCUT2D eigenvalue weighted by Crippen LogP contribution is -2.66. The van der Waals surface area contributed by atoms with Crippen LogP contribution in [0.1, 0.15) is 133 Å². The molecule has 17 heteroatoms. The van der Waals surface area contributed by atoms with E-state index in [-0.39, 0.29) is 65.4 Å². The number of aliphatic hydroxyl groups excluding tert-OH is 1. The van der Waals surface area contributed by atoms with Crippen LogP contribution in [0.15, 0.2) is 23.3 Å². The number of ether oxygens (including phenoxy) is 13. The van der Waals surface area contributed by atoms with Gasteiger partial charge < -0.3 is 71.8 Å². The maximum absolute atomic E-state index is 13.4. The number of rotatable bonds is 15. The highest BCUT2D eigenvalue weighted by molar-refractivity contribution is 5.88. The van der Waals surface area contributed by atoms with Crippen molar-refractivity contribution in [3.8, 4) is 0 Å². The number of fused-ring (bicyclic) bond motifs is 5. The molecule has 24 unspecified atom stereocenters. The molecule has 4 heterocycles. The van der Waals surface area contributed by atoms with Crippen molar-refractivity contribution in [1.29, 1.82) is 0 Å². The molecule has 404 valence electrons. The van der Waals surface area contributed by atoms with Gasteiger partial charge in [0.15, 0.2) is 25.2 Å². The van der Waals surface area contributed by atoms with Gasteiger partial charge in [-0.3, -0.25) is 4.79 Å². The van der Waals surface area contributed by atoms with E-state index >= 15 is 0 Å². The molecule has 0 spiro atoms. The van der Waals surface area contributed by atoms with E-state index in [2.05, 4.69) is 13.0 Å². The van der Waals surface area contributed by atoms with E-state index in [1.54, 1.807) is 55.3 Å². The van der Waals surface area contributed by atoms with Gasteiger partial charge in [-0.25, -0.2) is 4.79 Å². The monoisotopic (exact) mass is 1010 g/mol. The second-order valence-electron chi connectivity index (χ2n) is 22.5. The maximum atomic E-state index is 13.4. The summed E-state index contributed by atoms with van der Waals surface area (Å²) in [5.74, 6) is -0.718. The molecule has 0 aromatic heterocycles. The van der Waals surface area contributed by atoms with Gasteiger partial charge in [-0.05, 0) is 111 Å². The number of methoxy groups -OCH3 is 4. The molecule has 0 aromatic carbocycles. The van der Waals surface area contributed by atoms with Crippen molar-refractivity contribution in [3.05, 3.63) is 23.3 Å². The van der Waals surface area contributed by atoms with Crippen LogP contribution in [0.5, 0.6) is 0 Å². The second-order valence-corrected chi connectivity index (χ2v) is 22.5. The van der Waals surface area contributed by atoms with Crippen molar-refractivity contribution in [2.45, 2.75) is 249 Å². The van der Waals surface area contributed by atoms with Crippen molar-refractivity contribution in [3.63, 3.8) is 0 Å². The third-order valence-corrected chi connectivity index (χ3v) is 18.8. The predicted molar refractivity (Wildman–Crippen MR) is 257 cm³/mol. The molecule has 0 amide bonds. The highest BCUT2D eigenvalue weighted by Crippen LogP contribution is 2.68. The first-order valence-electron chi connectivity index (χ1n) is 26.5. The molecular formula is C54H86O17. The average molecular weight is 1010 g/mol. The van der Waals surface area contributed by atoms with Gasteiger partial charge in [0.1, 0.15) is 36.3 Å². The van der Waals surface area contributed by atoms with E-state index in [4.69, 9.17) is 61.6 Å². The quantitative estimate of drug-likeness (QED) is 0.106. The Kier molecular flexibility index (Phi) is 17.4. The zero-order valence-electron chi connectivity index (χ0n) is 44.6. The van der Waals surface area contributed by atoms with Crippen LogP contribution in [0.3, 0.4) is 0 Å². The molecule has 17 nitrogen and oxygen atoms in total. The van der Waals surface area contributed by atoms with Gasteiger partial charge in [0.05, 0.1) is 60.5 Å². The summed E-state index contributed by atoms with van der Waals surface area (Å²) in [7, 11) is 6.56. The van der Waals surface area contributed by atoms with E-state index in [0.717, 1.165) is 19.3 Å². The van der Waals surface area contributed by atoms with Crippen molar-refractivity contribution in [2.75, 3.05) is 28.4 Å². The first-order chi connectivity index (χ1) is 33.7. The molecule has 4 saturated heterocycles. The number of hydrogen-bond acceptors (Lipinski definition) is 17. The van der Waals surface area contributed by atoms with Gasteiger partial charge in [-0.15, -0.1) is 0 Å². The first-order valence-corrected chi connectivity index (χ1v) is 26.5. The van der Waals surface area contributed by atoms with Crippen LogP contribution >= 0.6 is 0 Å². The van der Waals surface area contributed by atoms with Crippen molar-refractivity contribution < 1.29 is 81.4 Å². The summed E-state index contributed by atoms with van der Waals surface area (Å²) in [5, 5.41) is 23.3. The Morgan fingerprint density at radius 3 is 1.62 bits per heavy atom. The molecule has 3 saturated carbocycles. The Morgan fingerprint density at radius 2 is 1.14 bits per heavy atom. The van der Waals surface area contributed by atoms with E-state index in [1.807, 2.05) is 34.6 Å². The summed E-state index contributed by atoms with van der Waals surface area (Å²) < 4.78 is 81.8. The third-order valence-electron chi connectivity index (χ3n) is 18.8. The van der Waals surface area contributed by atoms with E-state index in [9.17, 15) is 19.8 Å². The summed E-state index contributed by atoms with van der Waals surface area (Å²) in [4.78, 5) is 26.5. The topological polar surface area (TPSA) is 195 Å². The maximum Gasteiger partial charge on any atom is 0.333 e. The molecule has 7 fully saturated rings. The van der Waals surface area contributed by atoms with Gasteiger partial charge in [0.2, 0.25) is 0 Å². The predicted octanol–water partition coefficient (Wildman–Crippen LogP) is 6.26. The molecule has 24 atom stereocenters. The molecule has 4 aliphatic carbocycles. The number of hydrogen-bond donors (Lipinski definition) is 2. The Balaban J connectivity index is 0.855. The lowest BCUT2D eigenvalue weighted by Gasteiger charge is -2.63. The fourth-order valence-corrected chi connectivity index (χ4v) is 14.4.